The fourth-order valence-corrected chi connectivity index (χ4v) is 4.32. The number of amides is 1. The summed E-state index contributed by atoms with van der Waals surface area (Å²) in [5, 5.41) is 2.62. The summed E-state index contributed by atoms with van der Waals surface area (Å²) < 4.78 is 26.7. The second kappa shape index (κ2) is 13.8. The maximum absolute atomic E-state index is 15.3. The maximum atomic E-state index is 15.3. The Balaban J connectivity index is 1.77. The summed E-state index contributed by atoms with van der Waals surface area (Å²) in [5.41, 5.74) is 2.04. The van der Waals surface area contributed by atoms with Crippen LogP contribution in [0.25, 0.3) is 0 Å². The van der Waals surface area contributed by atoms with E-state index in [4.69, 9.17) is 9.47 Å². The predicted octanol–water partition coefficient (Wildman–Crippen LogP) is 2.57. The Morgan fingerprint density at radius 3 is 2.61 bits per heavy atom. The normalized spacial score (nSPS) is 14.9. The highest BCUT2D eigenvalue weighted by Gasteiger charge is 2.24. The van der Waals surface area contributed by atoms with Gasteiger partial charge < -0.3 is 19.6 Å². The topological polar surface area (TPSA) is 88.2 Å². The smallest absolute Gasteiger partial charge is 0.237 e. The highest BCUT2D eigenvalue weighted by molar-refractivity contribution is 5.82. The first-order valence-corrected chi connectivity index (χ1v) is 12.1. The molecule has 1 aliphatic heterocycles. The lowest BCUT2D eigenvalue weighted by Crippen LogP contribution is -2.43. The van der Waals surface area contributed by atoms with Gasteiger partial charge in [0.05, 0.1) is 19.3 Å². The number of likely N-dealkylation sites (N-methyl/N-ethyl adjacent to an activating group) is 2. The predicted molar refractivity (Wildman–Crippen MR) is 133 cm³/mol. The molecule has 1 saturated heterocycles. The van der Waals surface area contributed by atoms with E-state index in [1.807, 2.05) is 6.07 Å². The van der Waals surface area contributed by atoms with E-state index in [1.54, 1.807) is 49.3 Å². The SMILES string of the molecule is CNC(=O)C(CCC=O)N(C)Cc1c(C=O)cccc1OCc1cccc(CN2CCOCC2)c1F. The number of carbonyl (C=O) groups excluding carboxylic acids is 3. The number of nitrogens with zero attached hydrogens (tertiary/aromatic N) is 2. The number of aldehydes is 2. The van der Waals surface area contributed by atoms with Crippen LogP contribution in [0.3, 0.4) is 0 Å². The van der Waals surface area contributed by atoms with Crippen molar-refractivity contribution in [2.75, 3.05) is 40.4 Å². The Morgan fingerprint density at radius 2 is 1.92 bits per heavy atom. The molecule has 36 heavy (non-hydrogen) atoms. The average molecular weight is 500 g/mol. The Labute approximate surface area is 211 Å². The number of hydrogen-bond donors (Lipinski definition) is 1. The van der Waals surface area contributed by atoms with Crippen molar-refractivity contribution in [3.63, 3.8) is 0 Å². The largest absolute Gasteiger partial charge is 0.488 e. The minimum absolute atomic E-state index is 0.00811. The van der Waals surface area contributed by atoms with Crippen LogP contribution in [0, 0.1) is 5.82 Å². The van der Waals surface area contributed by atoms with Crippen LogP contribution in [0.4, 0.5) is 4.39 Å². The Morgan fingerprint density at radius 1 is 1.19 bits per heavy atom. The van der Waals surface area contributed by atoms with E-state index >= 15 is 4.39 Å². The van der Waals surface area contributed by atoms with Gasteiger partial charge in [0.1, 0.15) is 24.5 Å². The molecule has 1 aliphatic rings. The molecule has 1 unspecified atom stereocenters. The van der Waals surface area contributed by atoms with E-state index in [1.165, 1.54) is 0 Å². The first-order valence-electron chi connectivity index (χ1n) is 12.1. The zero-order valence-electron chi connectivity index (χ0n) is 20.9. The molecular formula is C27H34FN3O5. The summed E-state index contributed by atoms with van der Waals surface area (Å²) in [5.74, 6) is -0.0808. The molecule has 2 aromatic carbocycles. The molecule has 194 valence electrons. The summed E-state index contributed by atoms with van der Waals surface area (Å²) in [6, 6.07) is 9.83. The second-order valence-electron chi connectivity index (χ2n) is 8.80. The van der Waals surface area contributed by atoms with Gasteiger partial charge in [0.25, 0.3) is 0 Å². The fourth-order valence-electron chi connectivity index (χ4n) is 4.32. The van der Waals surface area contributed by atoms with Crippen molar-refractivity contribution in [1.29, 1.82) is 0 Å². The summed E-state index contributed by atoms with van der Waals surface area (Å²) >= 11 is 0. The van der Waals surface area contributed by atoms with Crippen LogP contribution >= 0.6 is 0 Å². The number of halogens is 1. The van der Waals surface area contributed by atoms with E-state index in [0.717, 1.165) is 25.7 Å². The standard InChI is InChI=1S/C27H34FN3O5/c1-29-27(34)24(9-5-13-32)30(2)17-23-21(18-33)7-4-10-25(23)36-19-22-8-3-6-20(26(22)28)16-31-11-14-35-15-12-31/h3-4,6-8,10,13,18,24H,5,9,11-12,14-17,19H2,1-2H3,(H,29,34). The van der Waals surface area contributed by atoms with E-state index in [2.05, 4.69) is 10.2 Å². The van der Waals surface area contributed by atoms with Crippen molar-refractivity contribution in [2.24, 2.45) is 0 Å². The lowest BCUT2D eigenvalue weighted by atomic mass is 10.0. The first-order chi connectivity index (χ1) is 17.5. The molecule has 0 radical (unpaired) electrons. The van der Waals surface area contributed by atoms with Crippen molar-refractivity contribution in [1.82, 2.24) is 15.1 Å². The number of benzene rings is 2. The third-order valence-corrected chi connectivity index (χ3v) is 6.38. The molecule has 3 rings (SSSR count). The van der Waals surface area contributed by atoms with Crippen LogP contribution < -0.4 is 10.1 Å². The molecule has 2 aromatic rings. The summed E-state index contributed by atoms with van der Waals surface area (Å²) in [6.45, 7) is 3.54. The van der Waals surface area contributed by atoms with Crippen molar-refractivity contribution in [2.45, 2.75) is 38.6 Å². The molecule has 1 fully saturated rings. The van der Waals surface area contributed by atoms with Gasteiger partial charge in [-0.15, -0.1) is 0 Å². The van der Waals surface area contributed by atoms with Gasteiger partial charge in [0.15, 0.2) is 6.29 Å². The van der Waals surface area contributed by atoms with Gasteiger partial charge in [-0.05, 0) is 19.5 Å². The number of ether oxygens (including phenoxy) is 2. The monoisotopic (exact) mass is 499 g/mol. The third kappa shape index (κ3) is 7.19. The third-order valence-electron chi connectivity index (χ3n) is 6.38. The van der Waals surface area contributed by atoms with Crippen LogP contribution in [0.2, 0.25) is 0 Å². The fraction of sp³-hybridized carbons (Fsp3) is 0.444. The molecule has 1 N–H and O–H groups in total. The van der Waals surface area contributed by atoms with Crippen molar-refractivity contribution in [3.05, 3.63) is 64.5 Å². The Kier molecular flexibility index (Phi) is 10.5. The molecular weight excluding hydrogens is 465 g/mol. The highest BCUT2D eigenvalue weighted by atomic mass is 19.1. The van der Waals surface area contributed by atoms with E-state index in [-0.39, 0.29) is 31.3 Å². The van der Waals surface area contributed by atoms with Gasteiger partial charge in [0.2, 0.25) is 5.91 Å². The van der Waals surface area contributed by atoms with Gasteiger partial charge >= 0.3 is 0 Å². The zero-order chi connectivity index (χ0) is 25.9. The van der Waals surface area contributed by atoms with Crippen molar-refractivity contribution in [3.8, 4) is 5.75 Å². The number of nitrogens with one attached hydrogen (secondary N) is 1. The minimum Gasteiger partial charge on any atom is -0.488 e. The van der Waals surface area contributed by atoms with E-state index in [9.17, 15) is 14.4 Å². The molecule has 0 saturated carbocycles. The van der Waals surface area contributed by atoms with Crippen LogP contribution in [-0.4, -0.2) is 74.7 Å². The molecule has 0 bridgehead atoms. The molecule has 1 atom stereocenters. The quantitative estimate of drug-likeness (QED) is 0.424. The van der Waals surface area contributed by atoms with Crippen molar-refractivity contribution < 1.29 is 28.2 Å². The molecule has 0 aliphatic carbocycles. The van der Waals surface area contributed by atoms with Crippen LogP contribution in [0.15, 0.2) is 36.4 Å². The maximum Gasteiger partial charge on any atom is 0.237 e. The number of morpholine rings is 1. The Hall–Kier alpha value is -3.14. The van der Waals surface area contributed by atoms with Gasteiger partial charge in [-0.2, -0.15) is 0 Å². The number of rotatable bonds is 13. The van der Waals surface area contributed by atoms with Gasteiger partial charge in [-0.3, -0.25) is 19.4 Å². The van der Waals surface area contributed by atoms with Crippen LogP contribution in [0.1, 0.15) is 39.9 Å². The van der Waals surface area contributed by atoms with Crippen LogP contribution in [-0.2, 0) is 34.0 Å². The molecule has 1 heterocycles. The van der Waals surface area contributed by atoms with Gasteiger partial charge in [-0.1, -0.05) is 30.3 Å². The van der Waals surface area contributed by atoms with Gasteiger partial charge in [-0.25, -0.2) is 4.39 Å². The molecule has 8 nitrogen and oxygen atoms in total. The zero-order valence-corrected chi connectivity index (χ0v) is 20.9. The Bertz CT molecular complexity index is 1040. The lowest BCUT2D eigenvalue weighted by molar-refractivity contribution is -0.126. The lowest BCUT2D eigenvalue weighted by Gasteiger charge is -2.27. The summed E-state index contributed by atoms with van der Waals surface area (Å²) in [6.07, 6.45) is 2.10. The summed E-state index contributed by atoms with van der Waals surface area (Å²) in [7, 11) is 3.30. The van der Waals surface area contributed by atoms with Crippen molar-refractivity contribution >= 4 is 18.5 Å². The number of hydrogen-bond acceptors (Lipinski definition) is 7. The molecule has 1 amide bonds. The van der Waals surface area contributed by atoms with E-state index in [0.29, 0.717) is 54.2 Å². The molecule has 0 aromatic heterocycles. The minimum atomic E-state index is -0.554. The number of carbonyl (C=O) groups is 3. The molecule has 9 heteroatoms. The van der Waals surface area contributed by atoms with Crippen LogP contribution in [0.5, 0.6) is 5.75 Å². The second-order valence-corrected chi connectivity index (χ2v) is 8.80. The molecule has 0 spiro atoms. The summed E-state index contributed by atoms with van der Waals surface area (Å²) in [4.78, 5) is 39.0. The van der Waals surface area contributed by atoms with Gasteiger partial charge in [0, 0.05) is 61.9 Å². The average Bonchev–Trinajstić information content (AvgIpc) is 2.90. The first kappa shape index (κ1) is 27.4. The van der Waals surface area contributed by atoms with E-state index < -0.39 is 6.04 Å². The highest BCUT2D eigenvalue weighted by Crippen LogP contribution is 2.26.